The highest BCUT2D eigenvalue weighted by molar-refractivity contribution is 6.15. The number of aromatic hydroxyl groups is 3. The van der Waals surface area contributed by atoms with Crippen LogP contribution in [-0.4, -0.2) is 113 Å². The first-order valence-corrected chi connectivity index (χ1v) is 39.1. The molecule has 0 bridgehead atoms. The number of fused-ring (bicyclic) bond motifs is 6. The van der Waals surface area contributed by atoms with Gasteiger partial charge in [-0.3, -0.25) is 29.1 Å². The first-order chi connectivity index (χ1) is 55.9. The molecular formula is C92H91ClN8O13. The van der Waals surface area contributed by atoms with Crippen LogP contribution in [-0.2, 0) is 63.5 Å². The number of likely N-dealkylation sites (tertiary alicyclic amines) is 2. The number of hydrogen-bond acceptors (Lipinski definition) is 19. The molecule has 6 heterocycles. The van der Waals surface area contributed by atoms with Crippen LogP contribution in [0, 0.1) is 5.53 Å². The number of Topliss-reactive ketones (excluding diaryl/α,β-unsaturated/α-hetero) is 3. The molecule has 114 heavy (non-hydrogen) atoms. The van der Waals surface area contributed by atoms with Gasteiger partial charge in [0.2, 0.25) is 17.3 Å². The maximum absolute atomic E-state index is 13.2. The highest BCUT2D eigenvalue weighted by Gasteiger charge is 2.36. The topological polar surface area (TPSA) is 259 Å². The number of rotatable bonds is 19. The molecular weight excluding hydrogens is 1460 g/mol. The van der Waals surface area contributed by atoms with Gasteiger partial charge < -0.3 is 53.8 Å². The number of phenols is 3. The average molecular weight is 1550 g/mol. The average Bonchev–Trinajstić information content (AvgIpc) is 1.63. The first-order valence-electron chi connectivity index (χ1n) is 38.8. The van der Waals surface area contributed by atoms with E-state index in [1.54, 1.807) is 43.5 Å². The second kappa shape index (κ2) is 38.0. The molecule has 6 aliphatic heterocycles. The number of methoxy groups -OCH3 is 1. The Hall–Kier alpha value is -12.0. The van der Waals surface area contributed by atoms with E-state index in [0.717, 1.165) is 163 Å². The molecule has 0 amide bonds. The van der Waals surface area contributed by atoms with Gasteiger partial charge in [0.15, 0.2) is 18.1 Å². The zero-order valence-electron chi connectivity index (χ0n) is 63.7. The Labute approximate surface area is 668 Å². The van der Waals surface area contributed by atoms with E-state index in [1.165, 1.54) is 36.8 Å². The van der Waals surface area contributed by atoms with Gasteiger partial charge >= 0.3 is 0 Å². The van der Waals surface area contributed by atoms with Crippen LogP contribution in [0.25, 0.3) is 16.9 Å². The fourth-order valence-corrected chi connectivity index (χ4v) is 15.5. The minimum absolute atomic E-state index is 0.00453. The number of nitrogens with one attached hydrogen (secondary N) is 2. The molecule has 21 nitrogen and oxygen atoms in total. The van der Waals surface area contributed by atoms with Crippen LogP contribution < -0.4 is 33.7 Å². The van der Waals surface area contributed by atoms with E-state index in [-0.39, 0.29) is 47.0 Å². The van der Waals surface area contributed by atoms with Crippen LogP contribution in [0.4, 0.5) is 0 Å². The van der Waals surface area contributed by atoms with Gasteiger partial charge in [-0.05, 0) is 193 Å². The third kappa shape index (κ3) is 18.9. The highest BCUT2D eigenvalue weighted by Crippen LogP contribution is 2.46. The Balaban J connectivity index is 0.000000128. The molecule has 0 saturated carbocycles. The molecule has 0 spiro atoms. The molecule has 9 aliphatic rings. The molecule has 5 N–H and O–H groups in total. The molecule has 584 valence electrons. The lowest BCUT2D eigenvalue weighted by atomic mass is 10.0. The number of ketones is 3. The number of phenolic OH excluding ortho intramolecular Hbond substituents is 3. The molecule has 22 heteroatoms. The minimum atomic E-state index is -0.155. The molecule has 0 aromatic heterocycles. The van der Waals surface area contributed by atoms with E-state index >= 15 is 0 Å². The smallest absolute Gasteiger partial charge is 0.231 e. The Bertz CT molecular complexity index is 4970. The van der Waals surface area contributed by atoms with Crippen LogP contribution in [0.2, 0.25) is 0 Å². The van der Waals surface area contributed by atoms with Gasteiger partial charge in [-0.15, -0.1) is 0 Å². The predicted octanol–water partition coefficient (Wildman–Crippen LogP) is 17.8. The summed E-state index contributed by atoms with van der Waals surface area (Å²) in [6.45, 7) is 11.2. The number of piperidine rings is 2. The Morgan fingerprint density at radius 1 is 0.456 bits per heavy atom. The van der Waals surface area contributed by atoms with Crippen molar-refractivity contribution in [2.45, 2.75) is 97.2 Å². The Kier molecular flexibility index (Phi) is 26.3. The summed E-state index contributed by atoms with van der Waals surface area (Å²) in [6.07, 6.45) is 19.6. The van der Waals surface area contributed by atoms with E-state index in [4.69, 9.17) is 38.7 Å². The van der Waals surface area contributed by atoms with Crippen molar-refractivity contribution in [3.63, 3.8) is 0 Å². The van der Waals surface area contributed by atoms with Crippen molar-refractivity contribution in [2.24, 2.45) is 15.1 Å². The molecule has 0 radical (unpaired) electrons. The number of carbonyl (C=O) groups is 3. The van der Waals surface area contributed by atoms with Gasteiger partial charge in [0.1, 0.15) is 77.3 Å². The number of nitrogens with zero attached hydrogens (tertiary/aromatic N) is 6. The number of ether oxygens (including phenoxy) is 7. The SMILES string of the molecule is COC1=CCc2c(OCc3ccccc3)cccc21.N=NN=NCl.O=C1/C(=C/C2=CCc3c(OCc4ccccc4)cccc32)Oc2c1ccc(O)c2CN1CCCCC1.O=C1/C(=C/C2=CCc3c(OCc4ccccc4)cccc32)Oc2c1ccc(O)c2CN1CCNCC1.O=C1COc2c1ccc(O)c2CN1CCCCC1. The number of piperazine rings is 1. The fraction of sp³-hybridized carbons (Fsp3) is 0.272. The predicted molar refractivity (Wildman–Crippen MR) is 436 cm³/mol. The van der Waals surface area contributed by atoms with Crippen molar-refractivity contribution in [2.75, 3.05) is 66.1 Å². The van der Waals surface area contributed by atoms with Gasteiger partial charge in [0.05, 0.1) is 52.3 Å². The summed E-state index contributed by atoms with van der Waals surface area (Å²) in [7, 11) is 1.71. The lowest BCUT2D eigenvalue weighted by molar-refractivity contribution is 0.0959. The molecule has 3 saturated heterocycles. The van der Waals surface area contributed by atoms with E-state index in [0.29, 0.717) is 90.3 Å². The molecule has 9 aromatic rings. The van der Waals surface area contributed by atoms with Gasteiger partial charge in [-0.2, -0.15) is 5.53 Å². The Morgan fingerprint density at radius 2 is 0.851 bits per heavy atom. The summed E-state index contributed by atoms with van der Waals surface area (Å²) in [5.41, 5.74) is 21.6. The van der Waals surface area contributed by atoms with Gasteiger partial charge in [-0.1, -0.05) is 157 Å². The van der Waals surface area contributed by atoms with E-state index in [2.05, 4.69) is 108 Å². The fourth-order valence-electron chi connectivity index (χ4n) is 15.5. The van der Waals surface area contributed by atoms with Crippen LogP contribution in [0.1, 0.15) is 136 Å². The van der Waals surface area contributed by atoms with Crippen molar-refractivity contribution in [3.05, 3.63) is 307 Å². The van der Waals surface area contributed by atoms with Crippen LogP contribution in [0.15, 0.2) is 239 Å². The summed E-state index contributed by atoms with van der Waals surface area (Å²) in [5, 5.41) is 39.6. The molecule has 18 rings (SSSR count). The summed E-state index contributed by atoms with van der Waals surface area (Å²) in [5.74, 6) is 6.02. The summed E-state index contributed by atoms with van der Waals surface area (Å²) in [6, 6.07) is 58.4. The largest absolute Gasteiger partial charge is 0.507 e. The van der Waals surface area contributed by atoms with Crippen molar-refractivity contribution >= 4 is 46.0 Å². The zero-order chi connectivity index (χ0) is 78.7. The number of halogens is 1. The van der Waals surface area contributed by atoms with Crippen LogP contribution >= 0.6 is 11.8 Å². The first kappa shape index (κ1) is 78.7. The summed E-state index contributed by atoms with van der Waals surface area (Å²) >= 11 is 4.55. The lowest BCUT2D eigenvalue weighted by Crippen LogP contribution is -2.42. The molecule has 0 atom stereocenters. The minimum Gasteiger partial charge on any atom is -0.507 e. The third-order valence-electron chi connectivity index (χ3n) is 21.4. The standard InChI is InChI=1S/C31H29NO4.C30H28N2O4.C17H16O2.C14H17NO3.ClHN4/c33-27-15-14-25-30(34)29(36-31(25)26(27)19-32-16-5-2-6-17-32)18-22-12-13-24-23(22)10-7-11-28(24)35-20-21-8-3-1-4-9-21;33-26-12-11-24-29(34)28(36-30(24)25(26)18-32-15-13-31-14-16-32)17-21-9-10-23-22(21)7-4-8-27(23)35-19-20-5-2-1-3-6-20;1-18-16-11-10-15-14(16)8-5-9-17(15)19-12-13-6-3-2-4-7-13;16-12-5-4-10-13(17)9-18-14(10)11(12)8-15-6-2-1-3-7-15;1-3-5-4-2/h1,3-4,7-12,14-15,18,33H,2,5-6,13,16-17,19-20H2;1-9,11-12,17,31,33H,10,13-16,18-19H2;2-9,11H,10,12H2,1H3;4-5,16H,1-3,6-9H2;2H/b29-18-;28-17-;;;. The zero-order valence-corrected chi connectivity index (χ0v) is 64.4. The molecule has 3 aliphatic carbocycles. The van der Waals surface area contributed by atoms with Crippen LogP contribution in [0.5, 0.6) is 51.7 Å². The van der Waals surface area contributed by atoms with Gasteiger partial charge in [0.25, 0.3) is 0 Å². The Morgan fingerprint density at radius 3 is 1.26 bits per heavy atom. The monoisotopic (exact) mass is 1550 g/mol. The van der Waals surface area contributed by atoms with Gasteiger partial charge in [0, 0.05) is 68.1 Å². The number of carbonyl (C=O) groups excluding carboxylic acids is 3. The molecule has 0 unspecified atom stereocenters. The van der Waals surface area contributed by atoms with E-state index in [9.17, 15) is 29.7 Å². The van der Waals surface area contributed by atoms with Crippen molar-refractivity contribution in [1.29, 1.82) is 5.53 Å². The van der Waals surface area contributed by atoms with Gasteiger partial charge in [-0.25, -0.2) is 0 Å². The molecule has 9 aromatic carbocycles. The molecule has 3 fully saturated rings. The summed E-state index contributed by atoms with van der Waals surface area (Å²) in [4.78, 5) is 45.0. The van der Waals surface area contributed by atoms with E-state index in [1.807, 2.05) is 115 Å². The van der Waals surface area contributed by atoms with Crippen LogP contribution in [0.3, 0.4) is 0 Å². The number of hydrogen-bond donors (Lipinski definition) is 5. The quantitative estimate of drug-likeness (QED) is 0.0286. The number of benzene rings is 9. The number of allylic oxidation sites excluding steroid dienone is 9. The highest BCUT2D eigenvalue weighted by atomic mass is 35.5. The maximum atomic E-state index is 13.2. The second-order valence-electron chi connectivity index (χ2n) is 28.7. The van der Waals surface area contributed by atoms with Crippen molar-refractivity contribution in [3.8, 4) is 51.7 Å². The lowest BCUT2D eigenvalue weighted by Gasteiger charge is -2.27. The third-order valence-corrected chi connectivity index (χ3v) is 21.4. The van der Waals surface area contributed by atoms with Crippen molar-refractivity contribution in [1.82, 2.24) is 20.0 Å². The van der Waals surface area contributed by atoms with E-state index < -0.39 is 0 Å². The maximum Gasteiger partial charge on any atom is 0.231 e. The van der Waals surface area contributed by atoms with Crippen molar-refractivity contribution < 1.29 is 62.9 Å². The summed E-state index contributed by atoms with van der Waals surface area (Å²) < 4.78 is 43.9. The normalized spacial score (nSPS) is 17.0. The second-order valence-corrected chi connectivity index (χ2v) is 28.9.